The fourth-order valence-electron chi connectivity index (χ4n) is 3.11. The van der Waals surface area contributed by atoms with Crippen molar-refractivity contribution in [3.8, 4) is 0 Å². The fourth-order valence-corrected chi connectivity index (χ4v) is 3.11. The third-order valence-electron chi connectivity index (χ3n) is 3.62. The van der Waals surface area contributed by atoms with Gasteiger partial charge in [0.2, 0.25) is 5.60 Å². The molecule has 0 N–H and O–H groups in total. The summed E-state index contributed by atoms with van der Waals surface area (Å²) in [7, 11) is 0. The number of carbonyl (C=O) groups excluding carboxylic acids is 2. The molecular formula is C12H16O6. The molecule has 0 unspecified atom stereocenters. The fraction of sp³-hybridized carbons (Fsp3) is 0.833. The van der Waals surface area contributed by atoms with Crippen LogP contribution in [0.2, 0.25) is 0 Å². The standard InChI is InChI=1S/C12H16O6/c1-6(13)16-12-4-7(15-10(12)14)9-8(5-12)17-11(2,3)18-9/h7-9H,4-5H2,1-3H3/t7-,8-,9+,12-/m1/s1. The number of fused-ring (bicyclic) bond motifs is 4. The third-order valence-corrected chi connectivity index (χ3v) is 3.62. The summed E-state index contributed by atoms with van der Waals surface area (Å²) in [5, 5.41) is 0. The predicted octanol–water partition coefficient (Wildman–Crippen LogP) is 0.528. The topological polar surface area (TPSA) is 71.1 Å². The van der Waals surface area contributed by atoms with Gasteiger partial charge in [-0.3, -0.25) is 4.79 Å². The molecule has 0 radical (unpaired) electrons. The Bertz CT molecular complexity index is 417. The molecule has 0 aromatic carbocycles. The second kappa shape index (κ2) is 3.45. The molecule has 2 saturated heterocycles. The van der Waals surface area contributed by atoms with Gasteiger partial charge in [-0.25, -0.2) is 4.79 Å². The molecular weight excluding hydrogens is 240 g/mol. The van der Waals surface area contributed by atoms with Gasteiger partial charge in [0.1, 0.15) is 12.2 Å². The van der Waals surface area contributed by atoms with Crippen molar-refractivity contribution in [1.29, 1.82) is 0 Å². The maximum atomic E-state index is 11.9. The van der Waals surface area contributed by atoms with Crippen LogP contribution in [0, 0.1) is 0 Å². The lowest BCUT2D eigenvalue weighted by molar-refractivity contribution is -0.180. The number of rotatable bonds is 1. The van der Waals surface area contributed by atoms with Crippen LogP contribution in [0.1, 0.15) is 33.6 Å². The second-order valence-electron chi connectivity index (χ2n) is 5.58. The Balaban J connectivity index is 1.88. The average Bonchev–Trinajstić information content (AvgIpc) is 2.63. The van der Waals surface area contributed by atoms with Gasteiger partial charge in [0.05, 0.1) is 6.10 Å². The van der Waals surface area contributed by atoms with Gasteiger partial charge in [-0.15, -0.1) is 0 Å². The molecule has 0 amide bonds. The smallest absolute Gasteiger partial charge is 0.351 e. The van der Waals surface area contributed by atoms with Gasteiger partial charge in [-0.1, -0.05) is 0 Å². The van der Waals surface area contributed by atoms with E-state index < -0.39 is 29.4 Å². The van der Waals surface area contributed by atoms with Crippen LogP contribution < -0.4 is 0 Å². The quantitative estimate of drug-likeness (QED) is 0.637. The highest BCUT2D eigenvalue weighted by molar-refractivity contribution is 5.85. The van der Waals surface area contributed by atoms with Crippen LogP contribution in [0.4, 0.5) is 0 Å². The van der Waals surface area contributed by atoms with E-state index in [-0.39, 0.29) is 12.2 Å². The molecule has 6 nitrogen and oxygen atoms in total. The second-order valence-corrected chi connectivity index (χ2v) is 5.58. The van der Waals surface area contributed by atoms with Crippen molar-refractivity contribution >= 4 is 11.9 Å². The highest BCUT2D eigenvalue weighted by atomic mass is 16.8. The molecule has 0 aromatic heterocycles. The van der Waals surface area contributed by atoms with E-state index in [9.17, 15) is 9.59 Å². The minimum absolute atomic E-state index is 0.268. The number of hydrogen-bond acceptors (Lipinski definition) is 6. The molecule has 0 spiro atoms. The van der Waals surface area contributed by atoms with Crippen LogP contribution in [-0.4, -0.2) is 41.6 Å². The summed E-state index contributed by atoms with van der Waals surface area (Å²) < 4.78 is 22.0. The summed E-state index contributed by atoms with van der Waals surface area (Å²) in [4.78, 5) is 23.1. The van der Waals surface area contributed by atoms with Crippen LogP contribution in [0.5, 0.6) is 0 Å². The molecule has 100 valence electrons. The van der Waals surface area contributed by atoms with Gasteiger partial charge in [0.15, 0.2) is 5.79 Å². The van der Waals surface area contributed by atoms with Crippen molar-refractivity contribution in [3.05, 3.63) is 0 Å². The van der Waals surface area contributed by atoms with E-state index in [1.807, 2.05) is 13.8 Å². The number of ether oxygens (including phenoxy) is 4. The summed E-state index contributed by atoms with van der Waals surface area (Å²) in [5.74, 6) is -1.66. The molecule has 3 fully saturated rings. The van der Waals surface area contributed by atoms with Crippen LogP contribution in [0.15, 0.2) is 0 Å². The van der Waals surface area contributed by atoms with Crippen LogP contribution in [-0.2, 0) is 28.5 Å². The summed E-state index contributed by atoms with van der Waals surface area (Å²) in [6.45, 7) is 4.93. The van der Waals surface area contributed by atoms with Crippen molar-refractivity contribution in [2.45, 2.75) is 63.3 Å². The Kier molecular flexibility index (Phi) is 2.29. The molecule has 6 heteroatoms. The number of carbonyl (C=O) groups is 2. The summed E-state index contributed by atoms with van der Waals surface area (Å²) in [6, 6.07) is 0. The monoisotopic (exact) mass is 256 g/mol. The van der Waals surface area contributed by atoms with Gasteiger partial charge >= 0.3 is 11.9 Å². The summed E-state index contributed by atoms with van der Waals surface area (Å²) >= 11 is 0. The molecule has 1 saturated carbocycles. The zero-order valence-electron chi connectivity index (χ0n) is 10.6. The van der Waals surface area contributed by atoms with Crippen molar-refractivity contribution in [1.82, 2.24) is 0 Å². The highest BCUT2D eigenvalue weighted by Crippen LogP contribution is 2.47. The largest absolute Gasteiger partial charge is 0.456 e. The minimum atomic E-state index is -1.18. The summed E-state index contributed by atoms with van der Waals surface area (Å²) in [6.07, 6.45) is -0.278. The lowest BCUT2D eigenvalue weighted by Gasteiger charge is -2.32. The zero-order chi connectivity index (χ0) is 13.1. The van der Waals surface area contributed by atoms with E-state index in [4.69, 9.17) is 18.9 Å². The first-order chi connectivity index (χ1) is 8.31. The van der Waals surface area contributed by atoms with Gasteiger partial charge in [-0.2, -0.15) is 0 Å². The first-order valence-corrected chi connectivity index (χ1v) is 6.08. The van der Waals surface area contributed by atoms with E-state index in [0.29, 0.717) is 12.8 Å². The Labute approximate surface area is 105 Å². The molecule has 0 aromatic rings. The van der Waals surface area contributed by atoms with Gasteiger partial charge < -0.3 is 18.9 Å². The Morgan fingerprint density at radius 3 is 2.61 bits per heavy atom. The highest BCUT2D eigenvalue weighted by Gasteiger charge is 2.65. The van der Waals surface area contributed by atoms with E-state index >= 15 is 0 Å². The molecule has 2 bridgehead atoms. The van der Waals surface area contributed by atoms with Gasteiger partial charge in [-0.05, 0) is 13.8 Å². The maximum Gasteiger partial charge on any atom is 0.351 e. The van der Waals surface area contributed by atoms with E-state index in [0.717, 1.165) is 0 Å². The molecule has 3 aliphatic rings. The van der Waals surface area contributed by atoms with Crippen molar-refractivity contribution in [3.63, 3.8) is 0 Å². The van der Waals surface area contributed by atoms with Crippen LogP contribution in [0.3, 0.4) is 0 Å². The Morgan fingerprint density at radius 1 is 1.28 bits per heavy atom. The lowest BCUT2D eigenvalue weighted by Crippen LogP contribution is -2.49. The molecule has 2 aliphatic heterocycles. The van der Waals surface area contributed by atoms with E-state index in [2.05, 4.69) is 0 Å². The van der Waals surface area contributed by atoms with Crippen molar-refractivity contribution in [2.75, 3.05) is 0 Å². The van der Waals surface area contributed by atoms with E-state index in [1.165, 1.54) is 6.92 Å². The molecule has 3 rings (SSSR count). The average molecular weight is 256 g/mol. The first-order valence-electron chi connectivity index (χ1n) is 6.08. The Morgan fingerprint density at radius 2 is 1.94 bits per heavy atom. The normalized spacial score (nSPS) is 44.4. The van der Waals surface area contributed by atoms with Crippen LogP contribution >= 0.6 is 0 Å². The van der Waals surface area contributed by atoms with Crippen LogP contribution in [0.25, 0.3) is 0 Å². The first kappa shape index (κ1) is 11.9. The summed E-state index contributed by atoms with van der Waals surface area (Å²) in [5.41, 5.74) is -1.18. The SMILES string of the molecule is CC(=O)O[C@@]12C[C@@H](OC1=O)[C@@H]1OC(C)(C)O[C@@H]1C2. The van der Waals surface area contributed by atoms with Gasteiger partial charge in [0, 0.05) is 19.8 Å². The minimum Gasteiger partial charge on any atom is -0.456 e. The molecule has 4 atom stereocenters. The van der Waals surface area contributed by atoms with Crippen molar-refractivity contribution in [2.24, 2.45) is 0 Å². The lowest BCUT2D eigenvalue weighted by atomic mass is 9.82. The third kappa shape index (κ3) is 1.63. The predicted molar refractivity (Wildman–Crippen MR) is 57.4 cm³/mol. The molecule has 18 heavy (non-hydrogen) atoms. The maximum absolute atomic E-state index is 11.9. The van der Waals surface area contributed by atoms with E-state index in [1.54, 1.807) is 0 Å². The molecule has 1 aliphatic carbocycles. The number of esters is 2. The molecule has 2 heterocycles. The zero-order valence-corrected chi connectivity index (χ0v) is 10.6. The Hall–Kier alpha value is -1.14. The van der Waals surface area contributed by atoms with Crippen molar-refractivity contribution < 1.29 is 28.5 Å². The van der Waals surface area contributed by atoms with Gasteiger partial charge in [0.25, 0.3) is 0 Å². The number of hydrogen-bond donors (Lipinski definition) is 0.